The molecule has 0 atom stereocenters. The highest BCUT2D eigenvalue weighted by Gasteiger charge is 2.13. The van der Waals surface area contributed by atoms with E-state index in [1.165, 1.54) is 13.0 Å². The van der Waals surface area contributed by atoms with Gasteiger partial charge in [0.25, 0.3) is 0 Å². The Hall–Kier alpha value is -3.54. The van der Waals surface area contributed by atoms with Crippen molar-refractivity contribution >= 4 is 11.8 Å². The zero-order valence-electron chi connectivity index (χ0n) is 15.4. The van der Waals surface area contributed by atoms with Crippen LogP contribution in [0.5, 0.6) is 11.5 Å². The van der Waals surface area contributed by atoms with Crippen molar-refractivity contribution in [3.63, 3.8) is 0 Å². The minimum absolute atomic E-state index is 0.0294. The number of furan rings is 1. The van der Waals surface area contributed by atoms with E-state index in [-0.39, 0.29) is 31.4 Å². The molecule has 0 unspecified atom stereocenters. The number of para-hydroxylation sites is 2. The maximum Gasteiger partial charge on any atom is 0.374 e. The highest BCUT2D eigenvalue weighted by molar-refractivity contribution is 5.96. The Balaban J connectivity index is 1.44. The van der Waals surface area contributed by atoms with Crippen LogP contribution < -0.4 is 9.47 Å². The Labute approximate surface area is 162 Å². The van der Waals surface area contributed by atoms with Crippen LogP contribution in [0.2, 0.25) is 0 Å². The average molecular weight is 380 g/mol. The summed E-state index contributed by atoms with van der Waals surface area (Å²) in [6.45, 7) is 1.84. The molecule has 0 aliphatic rings. The van der Waals surface area contributed by atoms with Crippen LogP contribution in [0.15, 0.2) is 71.1 Å². The molecule has 0 bridgehead atoms. The number of benzene rings is 2. The van der Waals surface area contributed by atoms with Crippen molar-refractivity contribution in [2.75, 3.05) is 13.2 Å². The molecule has 2 aromatic carbocycles. The lowest BCUT2D eigenvalue weighted by Crippen LogP contribution is -2.13. The molecule has 6 heteroatoms. The molecule has 28 heavy (non-hydrogen) atoms. The SMILES string of the molecule is CC(=O)c1ccccc1OCCOC(=O)c1ccc(COc2ccccc2)o1. The minimum atomic E-state index is -0.589. The lowest BCUT2D eigenvalue weighted by molar-refractivity contribution is 0.0410. The molecule has 6 nitrogen and oxygen atoms in total. The van der Waals surface area contributed by atoms with Crippen LogP contribution in [-0.2, 0) is 11.3 Å². The van der Waals surface area contributed by atoms with Crippen molar-refractivity contribution in [2.45, 2.75) is 13.5 Å². The third-order valence-corrected chi connectivity index (χ3v) is 3.83. The first-order valence-electron chi connectivity index (χ1n) is 8.80. The van der Waals surface area contributed by atoms with Gasteiger partial charge in [-0.15, -0.1) is 0 Å². The van der Waals surface area contributed by atoms with Gasteiger partial charge in [0.2, 0.25) is 5.76 Å². The normalized spacial score (nSPS) is 10.3. The summed E-state index contributed by atoms with van der Waals surface area (Å²) >= 11 is 0. The molecule has 0 radical (unpaired) electrons. The fraction of sp³-hybridized carbons (Fsp3) is 0.182. The summed E-state index contributed by atoms with van der Waals surface area (Å²) in [5.74, 6) is 1.11. The number of esters is 1. The van der Waals surface area contributed by atoms with Gasteiger partial charge in [-0.1, -0.05) is 30.3 Å². The molecule has 0 amide bonds. The van der Waals surface area contributed by atoms with E-state index >= 15 is 0 Å². The molecule has 0 aliphatic heterocycles. The second kappa shape index (κ2) is 9.41. The van der Waals surface area contributed by atoms with E-state index < -0.39 is 5.97 Å². The van der Waals surface area contributed by atoms with Crippen molar-refractivity contribution in [3.05, 3.63) is 83.8 Å². The molecular formula is C22H20O6. The standard InChI is InChI=1S/C22H20O6/c1-16(23)19-9-5-6-10-20(19)25-13-14-26-22(24)21-12-11-18(28-21)15-27-17-7-3-2-4-8-17/h2-12H,13-15H2,1H3. The predicted octanol–water partition coefficient (Wildman–Crippen LogP) is 4.30. The van der Waals surface area contributed by atoms with Gasteiger partial charge in [-0.3, -0.25) is 4.79 Å². The number of rotatable bonds is 9. The molecule has 0 aliphatic carbocycles. The van der Waals surface area contributed by atoms with Gasteiger partial charge in [0.15, 0.2) is 5.78 Å². The largest absolute Gasteiger partial charge is 0.489 e. The summed E-state index contributed by atoms with van der Waals surface area (Å²) in [6.07, 6.45) is 0. The van der Waals surface area contributed by atoms with Crippen molar-refractivity contribution in [3.8, 4) is 11.5 Å². The Bertz CT molecular complexity index is 929. The van der Waals surface area contributed by atoms with Gasteiger partial charge in [-0.05, 0) is 43.3 Å². The molecule has 1 aromatic heterocycles. The van der Waals surface area contributed by atoms with Crippen molar-refractivity contribution < 1.29 is 28.2 Å². The van der Waals surface area contributed by atoms with Crippen LogP contribution in [0.25, 0.3) is 0 Å². The number of hydrogen-bond donors (Lipinski definition) is 0. The topological polar surface area (TPSA) is 75.0 Å². The highest BCUT2D eigenvalue weighted by atomic mass is 16.6. The number of carbonyl (C=O) groups excluding carboxylic acids is 2. The molecule has 3 aromatic rings. The molecule has 0 N–H and O–H groups in total. The maximum absolute atomic E-state index is 12.1. The fourth-order valence-corrected chi connectivity index (χ4v) is 2.48. The Morgan fingerprint density at radius 1 is 0.857 bits per heavy atom. The lowest BCUT2D eigenvalue weighted by Gasteiger charge is -2.09. The maximum atomic E-state index is 12.1. The summed E-state index contributed by atoms with van der Waals surface area (Å²) in [6, 6.07) is 19.4. The van der Waals surface area contributed by atoms with E-state index in [1.54, 1.807) is 30.3 Å². The second-order valence-corrected chi connectivity index (χ2v) is 5.90. The van der Waals surface area contributed by atoms with Gasteiger partial charge in [0.05, 0.1) is 5.56 Å². The van der Waals surface area contributed by atoms with Crippen molar-refractivity contribution in [1.29, 1.82) is 0 Å². The Kier molecular flexibility index (Phi) is 6.46. The number of hydrogen-bond acceptors (Lipinski definition) is 6. The van der Waals surface area contributed by atoms with Crippen LogP contribution in [0.1, 0.15) is 33.6 Å². The monoisotopic (exact) mass is 380 g/mol. The average Bonchev–Trinajstić information content (AvgIpc) is 3.20. The predicted molar refractivity (Wildman–Crippen MR) is 102 cm³/mol. The van der Waals surface area contributed by atoms with E-state index in [0.29, 0.717) is 22.8 Å². The summed E-state index contributed by atoms with van der Waals surface area (Å²) < 4.78 is 21.7. The van der Waals surface area contributed by atoms with Gasteiger partial charge in [-0.25, -0.2) is 4.79 Å². The van der Waals surface area contributed by atoms with E-state index in [4.69, 9.17) is 18.6 Å². The number of carbonyl (C=O) groups is 2. The number of Topliss-reactive ketones (excluding diaryl/α,β-unsaturated/α-hetero) is 1. The van der Waals surface area contributed by atoms with Crippen LogP contribution in [0.4, 0.5) is 0 Å². The van der Waals surface area contributed by atoms with E-state index in [9.17, 15) is 9.59 Å². The van der Waals surface area contributed by atoms with Crippen LogP contribution >= 0.6 is 0 Å². The first kappa shape index (κ1) is 19.2. The first-order valence-corrected chi connectivity index (χ1v) is 8.80. The number of ether oxygens (including phenoxy) is 3. The second-order valence-electron chi connectivity index (χ2n) is 5.90. The van der Waals surface area contributed by atoms with Crippen LogP contribution in [0.3, 0.4) is 0 Å². The molecule has 0 saturated carbocycles. The van der Waals surface area contributed by atoms with E-state index in [0.717, 1.165) is 0 Å². The summed E-state index contributed by atoms with van der Waals surface area (Å²) in [5, 5.41) is 0. The Morgan fingerprint density at radius 2 is 1.61 bits per heavy atom. The molecule has 1 heterocycles. The van der Waals surface area contributed by atoms with Crippen LogP contribution in [-0.4, -0.2) is 25.0 Å². The van der Waals surface area contributed by atoms with Gasteiger partial charge >= 0.3 is 5.97 Å². The minimum Gasteiger partial charge on any atom is -0.489 e. The fourth-order valence-electron chi connectivity index (χ4n) is 2.48. The first-order chi connectivity index (χ1) is 13.6. The molecule has 0 fully saturated rings. The third-order valence-electron chi connectivity index (χ3n) is 3.83. The summed E-state index contributed by atoms with van der Waals surface area (Å²) in [5.41, 5.74) is 0.489. The quantitative estimate of drug-likeness (QED) is 0.313. The van der Waals surface area contributed by atoms with Crippen molar-refractivity contribution in [1.82, 2.24) is 0 Å². The summed E-state index contributed by atoms with van der Waals surface area (Å²) in [7, 11) is 0. The molecular weight excluding hydrogens is 360 g/mol. The van der Waals surface area contributed by atoms with Gasteiger partial charge in [-0.2, -0.15) is 0 Å². The number of ketones is 1. The van der Waals surface area contributed by atoms with E-state index in [2.05, 4.69) is 0 Å². The zero-order valence-corrected chi connectivity index (χ0v) is 15.4. The zero-order chi connectivity index (χ0) is 19.8. The third kappa shape index (κ3) is 5.23. The lowest BCUT2D eigenvalue weighted by atomic mass is 10.1. The smallest absolute Gasteiger partial charge is 0.374 e. The van der Waals surface area contributed by atoms with Crippen molar-refractivity contribution in [2.24, 2.45) is 0 Å². The molecule has 3 rings (SSSR count). The van der Waals surface area contributed by atoms with Gasteiger partial charge in [0.1, 0.15) is 37.1 Å². The Morgan fingerprint density at radius 3 is 2.39 bits per heavy atom. The molecule has 144 valence electrons. The summed E-state index contributed by atoms with van der Waals surface area (Å²) in [4.78, 5) is 23.6. The molecule has 0 saturated heterocycles. The molecule has 0 spiro atoms. The van der Waals surface area contributed by atoms with Gasteiger partial charge in [0, 0.05) is 0 Å². The van der Waals surface area contributed by atoms with Gasteiger partial charge < -0.3 is 18.6 Å². The van der Waals surface area contributed by atoms with Crippen LogP contribution in [0, 0.1) is 0 Å². The van der Waals surface area contributed by atoms with E-state index in [1.807, 2.05) is 30.3 Å². The highest BCUT2D eigenvalue weighted by Crippen LogP contribution is 2.18.